The molecule has 0 atom stereocenters. The summed E-state index contributed by atoms with van der Waals surface area (Å²) < 4.78 is 38.3. The fraction of sp³-hybridized carbons (Fsp3) is 0.278. The number of nitrogens with one attached hydrogen (secondary N) is 1. The molecule has 2 amide bonds. The summed E-state index contributed by atoms with van der Waals surface area (Å²) in [7, 11) is 1.39. The van der Waals surface area contributed by atoms with Crippen LogP contribution in [-0.4, -0.2) is 49.5 Å². The lowest BCUT2D eigenvalue weighted by Crippen LogP contribution is -2.39. The maximum Gasteiger partial charge on any atom is 0.387 e. The number of ether oxygens (including phenoxy) is 2. The van der Waals surface area contributed by atoms with E-state index in [-0.39, 0.29) is 24.4 Å². The molecule has 0 aliphatic rings. The van der Waals surface area contributed by atoms with Crippen LogP contribution in [0.25, 0.3) is 0 Å². The summed E-state index contributed by atoms with van der Waals surface area (Å²) in [5.74, 6) is -1.34. The molecule has 0 spiro atoms. The van der Waals surface area contributed by atoms with Crippen molar-refractivity contribution in [3.8, 4) is 5.75 Å². The maximum atomic E-state index is 12.1. The van der Waals surface area contributed by atoms with E-state index in [1.807, 2.05) is 0 Å². The van der Waals surface area contributed by atoms with Gasteiger partial charge in [-0.25, -0.2) is 4.79 Å². The van der Waals surface area contributed by atoms with Crippen LogP contribution < -0.4 is 10.1 Å². The van der Waals surface area contributed by atoms with Gasteiger partial charge in [0.15, 0.2) is 6.61 Å². The van der Waals surface area contributed by atoms with E-state index >= 15 is 0 Å². The first-order valence-corrected chi connectivity index (χ1v) is 8.10. The molecule has 28 heavy (non-hydrogen) atoms. The maximum absolute atomic E-state index is 12.1. The van der Waals surface area contributed by atoms with Gasteiger partial charge in [0.1, 0.15) is 11.5 Å². The van der Waals surface area contributed by atoms with Crippen molar-refractivity contribution >= 4 is 17.8 Å². The van der Waals surface area contributed by atoms with Gasteiger partial charge in [0.2, 0.25) is 5.91 Å². The third-order valence-electron chi connectivity index (χ3n) is 3.49. The van der Waals surface area contributed by atoms with E-state index in [4.69, 9.17) is 9.15 Å². The normalized spacial score (nSPS) is 10.4. The van der Waals surface area contributed by atoms with E-state index in [1.165, 1.54) is 37.6 Å². The Balaban J connectivity index is 1.73. The molecule has 0 bridgehead atoms. The summed E-state index contributed by atoms with van der Waals surface area (Å²) in [6.45, 7) is -3.58. The number of halogens is 2. The minimum atomic E-state index is -2.97. The highest BCUT2D eigenvalue weighted by atomic mass is 19.3. The van der Waals surface area contributed by atoms with Crippen LogP contribution in [0.2, 0.25) is 0 Å². The molecule has 0 fully saturated rings. The summed E-state index contributed by atoms with van der Waals surface area (Å²) in [5.41, 5.74) is 0.0632. The van der Waals surface area contributed by atoms with Gasteiger partial charge in [-0.2, -0.15) is 8.78 Å². The number of amides is 2. The first kappa shape index (κ1) is 20.9. The molecular weight excluding hydrogens is 378 g/mol. The van der Waals surface area contributed by atoms with Gasteiger partial charge in [-0.15, -0.1) is 0 Å². The predicted octanol–water partition coefficient (Wildman–Crippen LogP) is 1.81. The number of nitrogens with zero attached hydrogens (tertiary/aromatic N) is 1. The SMILES string of the molecule is CN(CC(=O)NCc1ccco1)C(=O)COC(=O)c1ccc(OC(F)F)cc1. The lowest BCUT2D eigenvalue weighted by atomic mass is 10.2. The molecule has 0 radical (unpaired) electrons. The van der Waals surface area contributed by atoms with E-state index in [1.54, 1.807) is 12.1 Å². The van der Waals surface area contributed by atoms with Gasteiger partial charge in [-0.3, -0.25) is 9.59 Å². The van der Waals surface area contributed by atoms with E-state index in [0.29, 0.717) is 5.76 Å². The minimum absolute atomic E-state index is 0.0632. The third-order valence-corrected chi connectivity index (χ3v) is 3.49. The van der Waals surface area contributed by atoms with Gasteiger partial charge in [0.05, 0.1) is 24.9 Å². The quantitative estimate of drug-likeness (QED) is 0.650. The standard InChI is InChI=1S/C18H18F2N2O6/c1-22(10-15(23)21-9-14-3-2-8-26-14)16(24)11-27-17(25)12-4-6-13(7-5-12)28-18(19)20/h2-8,18H,9-11H2,1H3,(H,21,23). The van der Waals surface area contributed by atoms with Gasteiger partial charge in [-0.05, 0) is 36.4 Å². The van der Waals surface area contributed by atoms with E-state index < -0.39 is 31.0 Å². The lowest BCUT2D eigenvalue weighted by Gasteiger charge is -2.16. The Hall–Kier alpha value is -3.43. The molecule has 10 heteroatoms. The smallest absolute Gasteiger partial charge is 0.387 e. The van der Waals surface area contributed by atoms with Crippen LogP contribution in [0.15, 0.2) is 47.1 Å². The molecule has 1 heterocycles. The number of hydrogen-bond acceptors (Lipinski definition) is 6. The summed E-state index contributed by atoms with van der Waals surface area (Å²) in [6, 6.07) is 8.21. The molecule has 0 saturated heterocycles. The highest BCUT2D eigenvalue weighted by Gasteiger charge is 2.16. The topological polar surface area (TPSA) is 98.1 Å². The minimum Gasteiger partial charge on any atom is -0.467 e. The number of furan rings is 1. The van der Waals surface area contributed by atoms with Crippen LogP contribution in [0.1, 0.15) is 16.1 Å². The molecule has 150 valence electrons. The van der Waals surface area contributed by atoms with E-state index in [9.17, 15) is 23.2 Å². The first-order chi connectivity index (χ1) is 13.3. The predicted molar refractivity (Wildman–Crippen MR) is 91.5 cm³/mol. The second-order valence-electron chi connectivity index (χ2n) is 5.58. The summed E-state index contributed by atoms with van der Waals surface area (Å²) in [4.78, 5) is 36.8. The summed E-state index contributed by atoms with van der Waals surface area (Å²) >= 11 is 0. The zero-order chi connectivity index (χ0) is 20.5. The van der Waals surface area contributed by atoms with Crippen LogP contribution in [0, 0.1) is 0 Å². The molecule has 0 aliphatic heterocycles. The average Bonchev–Trinajstić information content (AvgIpc) is 3.18. The Kier molecular flexibility index (Phi) is 7.49. The van der Waals surface area contributed by atoms with Crippen molar-refractivity contribution in [2.45, 2.75) is 13.2 Å². The molecule has 2 rings (SSSR count). The van der Waals surface area contributed by atoms with Gasteiger partial charge in [-0.1, -0.05) is 0 Å². The third kappa shape index (κ3) is 6.71. The fourth-order valence-corrected chi connectivity index (χ4v) is 2.05. The molecule has 1 aromatic carbocycles. The first-order valence-electron chi connectivity index (χ1n) is 8.10. The van der Waals surface area contributed by atoms with Gasteiger partial charge >= 0.3 is 12.6 Å². The second kappa shape index (κ2) is 10.0. The van der Waals surface area contributed by atoms with Crippen LogP contribution in [0.3, 0.4) is 0 Å². The van der Waals surface area contributed by atoms with Crippen molar-refractivity contribution in [3.05, 3.63) is 54.0 Å². The average molecular weight is 396 g/mol. The summed E-state index contributed by atoms with van der Waals surface area (Å²) in [6.07, 6.45) is 1.48. The molecule has 2 aromatic rings. The fourth-order valence-electron chi connectivity index (χ4n) is 2.05. The number of hydrogen-bond donors (Lipinski definition) is 1. The second-order valence-corrected chi connectivity index (χ2v) is 5.58. The highest BCUT2D eigenvalue weighted by molar-refractivity contribution is 5.92. The Morgan fingerprint density at radius 3 is 2.50 bits per heavy atom. The van der Waals surface area contributed by atoms with Crippen molar-refractivity contribution in [2.75, 3.05) is 20.2 Å². The molecule has 8 nitrogen and oxygen atoms in total. The number of likely N-dealkylation sites (N-methyl/N-ethyl adjacent to an activating group) is 1. The largest absolute Gasteiger partial charge is 0.467 e. The molecular formula is C18H18F2N2O6. The number of esters is 1. The Bertz CT molecular complexity index is 793. The van der Waals surface area contributed by atoms with Crippen LogP contribution in [-0.2, 0) is 20.9 Å². The van der Waals surface area contributed by atoms with Gasteiger partial charge < -0.3 is 24.1 Å². The Morgan fingerprint density at radius 1 is 1.18 bits per heavy atom. The van der Waals surface area contributed by atoms with Gasteiger partial charge in [0, 0.05) is 7.05 Å². The Labute approximate surface area is 159 Å². The Morgan fingerprint density at radius 2 is 1.89 bits per heavy atom. The molecule has 0 aliphatic carbocycles. The van der Waals surface area contributed by atoms with Crippen molar-refractivity contribution in [1.82, 2.24) is 10.2 Å². The monoisotopic (exact) mass is 396 g/mol. The number of benzene rings is 1. The van der Waals surface area contributed by atoms with Crippen LogP contribution >= 0.6 is 0 Å². The lowest BCUT2D eigenvalue weighted by molar-refractivity contribution is -0.137. The van der Waals surface area contributed by atoms with E-state index in [0.717, 1.165) is 4.90 Å². The van der Waals surface area contributed by atoms with Crippen molar-refractivity contribution in [3.63, 3.8) is 0 Å². The molecule has 1 N–H and O–H groups in total. The number of carbonyl (C=O) groups is 3. The zero-order valence-electron chi connectivity index (χ0n) is 14.9. The zero-order valence-corrected chi connectivity index (χ0v) is 14.9. The van der Waals surface area contributed by atoms with Crippen molar-refractivity contribution < 1.29 is 37.1 Å². The van der Waals surface area contributed by atoms with Crippen molar-refractivity contribution in [1.29, 1.82) is 0 Å². The molecule has 0 saturated carbocycles. The van der Waals surface area contributed by atoms with Gasteiger partial charge in [0.25, 0.3) is 5.91 Å². The van der Waals surface area contributed by atoms with E-state index in [2.05, 4.69) is 10.1 Å². The number of carbonyl (C=O) groups excluding carboxylic acids is 3. The van der Waals surface area contributed by atoms with Crippen molar-refractivity contribution in [2.24, 2.45) is 0 Å². The summed E-state index contributed by atoms with van der Waals surface area (Å²) in [5, 5.41) is 2.58. The van der Waals surface area contributed by atoms with Crippen LogP contribution in [0.4, 0.5) is 8.78 Å². The molecule has 1 aromatic heterocycles. The highest BCUT2D eigenvalue weighted by Crippen LogP contribution is 2.15. The number of alkyl halides is 2. The number of rotatable bonds is 9. The molecule has 0 unspecified atom stereocenters. The van der Waals surface area contributed by atoms with Crippen LogP contribution in [0.5, 0.6) is 5.75 Å².